The van der Waals surface area contributed by atoms with Crippen molar-refractivity contribution in [3.8, 4) is 44.8 Å². The highest BCUT2D eigenvalue weighted by Gasteiger charge is 2.23. The Morgan fingerprint density at radius 1 is 0.500 bits per heavy atom. The molecule has 0 bridgehead atoms. The summed E-state index contributed by atoms with van der Waals surface area (Å²) in [5.41, 5.74) is 9.82. The first-order chi connectivity index (χ1) is 18.8. The Bertz CT molecular complexity index is 2000. The molecule has 0 fully saturated rings. The molecule has 5 aromatic carbocycles. The highest BCUT2D eigenvalue weighted by molar-refractivity contribution is 7.26. The molecule has 1 aliphatic rings. The number of hydrogen-bond donors (Lipinski definition) is 0. The van der Waals surface area contributed by atoms with Gasteiger partial charge in [-0.05, 0) is 51.2 Å². The number of pyridine rings is 1. The summed E-state index contributed by atoms with van der Waals surface area (Å²) in [6.45, 7) is 0. The second kappa shape index (κ2) is 8.62. The first-order valence-corrected chi connectivity index (χ1v) is 15.3. The van der Waals surface area contributed by atoms with E-state index in [1.807, 2.05) is 11.3 Å². The van der Waals surface area contributed by atoms with E-state index >= 15 is 0 Å². The second-order valence-corrected chi connectivity index (χ2v) is 12.8. The maximum Gasteiger partial charge on any atom is 0.0900 e. The minimum atomic E-state index is -0.571. The Balaban J connectivity index is 1.38. The molecule has 7 aromatic rings. The first kappa shape index (κ1) is 21.7. The van der Waals surface area contributed by atoms with E-state index in [1.165, 1.54) is 63.9 Å². The topological polar surface area (TPSA) is 12.9 Å². The summed E-state index contributed by atoms with van der Waals surface area (Å²) >= 11 is 1.87. The highest BCUT2D eigenvalue weighted by Crippen LogP contribution is 2.41. The van der Waals surface area contributed by atoms with E-state index in [2.05, 4.69) is 127 Å². The molecule has 0 aliphatic carbocycles. The Morgan fingerprint density at radius 3 is 2.08 bits per heavy atom. The van der Waals surface area contributed by atoms with Gasteiger partial charge < -0.3 is 0 Å². The molecular formula is C35H23NSSi. The van der Waals surface area contributed by atoms with E-state index in [0.717, 1.165) is 11.4 Å². The lowest BCUT2D eigenvalue weighted by Crippen LogP contribution is -2.22. The van der Waals surface area contributed by atoms with Crippen LogP contribution in [0.2, 0.25) is 0 Å². The fourth-order valence-electron chi connectivity index (χ4n) is 5.95. The molecule has 0 unspecified atom stereocenters. The first-order valence-electron chi connectivity index (χ1n) is 13.0. The number of rotatable bonds is 3. The van der Waals surface area contributed by atoms with Crippen LogP contribution in [0.4, 0.5) is 0 Å². The van der Waals surface area contributed by atoms with Crippen molar-refractivity contribution < 1.29 is 0 Å². The van der Waals surface area contributed by atoms with Gasteiger partial charge in [0.15, 0.2) is 0 Å². The lowest BCUT2D eigenvalue weighted by atomic mass is 9.97. The van der Waals surface area contributed by atoms with Crippen LogP contribution in [-0.4, -0.2) is 14.5 Å². The summed E-state index contributed by atoms with van der Waals surface area (Å²) in [4.78, 5) is 5.39. The monoisotopic (exact) mass is 517 g/mol. The average Bonchev–Trinajstić information content (AvgIpc) is 3.56. The molecule has 3 heteroatoms. The average molecular weight is 518 g/mol. The smallest absolute Gasteiger partial charge is 0.0900 e. The van der Waals surface area contributed by atoms with Gasteiger partial charge in [0.25, 0.3) is 0 Å². The standard InChI is InChI=1S/C35H23NSSi/c1-2-10-22(11-3-1)23-20-30(28-16-8-14-26-24-12-4-6-18-32(24)37-34(26)28)36-31(21-23)29-17-9-15-27-25-13-5-7-19-33(25)38-35(27)29/h1-21H,38H2. The van der Waals surface area contributed by atoms with Crippen molar-refractivity contribution in [1.29, 1.82) is 0 Å². The van der Waals surface area contributed by atoms with Crippen molar-refractivity contribution in [2.45, 2.75) is 0 Å². The van der Waals surface area contributed by atoms with Crippen molar-refractivity contribution in [3.63, 3.8) is 0 Å². The van der Waals surface area contributed by atoms with Gasteiger partial charge in [0.2, 0.25) is 0 Å². The Labute approximate surface area is 227 Å². The summed E-state index contributed by atoms with van der Waals surface area (Å²) in [6, 6.07) is 46.3. The molecule has 0 atom stereocenters. The van der Waals surface area contributed by atoms with Crippen LogP contribution >= 0.6 is 11.3 Å². The summed E-state index contributed by atoms with van der Waals surface area (Å²) in [6.07, 6.45) is 0. The van der Waals surface area contributed by atoms with Crippen LogP contribution in [0.15, 0.2) is 127 Å². The van der Waals surface area contributed by atoms with Crippen molar-refractivity contribution in [1.82, 2.24) is 4.98 Å². The molecule has 38 heavy (non-hydrogen) atoms. The zero-order valence-corrected chi connectivity index (χ0v) is 22.9. The Kier molecular flexibility index (Phi) is 4.93. The van der Waals surface area contributed by atoms with Crippen LogP contribution in [0, 0.1) is 0 Å². The van der Waals surface area contributed by atoms with Gasteiger partial charge in [0.05, 0.1) is 20.9 Å². The lowest BCUT2D eigenvalue weighted by molar-refractivity contribution is 1.33. The van der Waals surface area contributed by atoms with E-state index in [0.29, 0.717) is 0 Å². The maximum atomic E-state index is 5.39. The molecule has 1 nitrogen and oxygen atoms in total. The zero-order valence-electron chi connectivity index (χ0n) is 20.7. The number of fused-ring (bicyclic) bond motifs is 6. The Hall–Kier alpha value is -4.31. The zero-order chi connectivity index (χ0) is 25.1. The molecule has 0 saturated carbocycles. The minimum absolute atomic E-state index is 0.571. The van der Waals surface area contributed by atoms with Crippen LogP contribution in [0.25, 0.3) is 64.9 Å². The molecule has 3 heterocycles. The normalized spacial score (nSPS) is 12.7. The van der Waals surface area contributed by atoms with Crippen molar-refractivity contribution in [2.24, 2.45) is 0 Å². The third-order valence-corrected chi connectivity index (χ3v) is 11.1. The summed E-state index contributed by atoms with van der Waals surface area (Å²) < 4.78 is 2.62. The van der Waals surface area contributed by atoms with Crippen LogP contribution in [0.3, 0.4) is 0 Å². The van der Waals surface area contributed by atoms with Gasteiger partial charge in [-0.2, -0.15) is 0 Å². The summed E-state index contributed by atoms with van der Waals surface area (Å²) in [7, 11) is -0.571. The molecule has 178 valence electrons. The summed E-state index contributed by atoms with van der Waals surface area (Å²) in [5, 5.41) is 5.67. The molecule has 0 N–H and O–H groups in total. The molecule has 0 spiro atoms. The third kappa shape index (κ3) is 3.40. The lowest BCUT2D eigenvalue weighted by Gasteiger charge is -2.13. The van der Waals surface area contributed by atoms with E-state index in [4.69, 9.17) is 4.98 Å². The molecule has 8 rings (SSSR count). The van der Waals surface area contributed by atoms with Crippen LogP contribution in [0.5, 0.6) is 0 Å². The molecule has 1 aliphatic heterocycles. The molecule has 2 aromatic heterocycles. The number of benzene rings is 5. The Morgan fingerprint density at radius 2 is 1.16 bits per heavy atom. The molecule has 0 amide bonds. The van der Waals surface area contributed by atoms with Gasteiger partial charge in [-0.25, -0.2) is 4.98 Å². The van der Waals surface area contributed by atoms with Gasteiger partial charge >= 0.3 is 0 Å². The van der Waals surface area contributed by atoms with Crippen LogP contribution in [0.1, 0.15) is 0 Å². The van der Waals surface area contributed by atoms with Crippen molar-refractivity contribution in [3.05, 3.63) is 127 Å². The highest BCUT2D eigenvalue weighted by atomic mass is 32.1. The van der Waals surface area contributed by atoms with Gasteiger partial charge in [-0.15, -0.1) is 11.3 Å². The maximum absolute atomic E-state index is 5.39. The predicted octanol–water partition coefficient (Wildman–Crippen LogP) is 7.55. The molecule has 0 saturated heterocycles. The SMILES string of the molecule is c1ccc(-c2cc(-c3cccc4c3[SiH2]c3ccccc3-4)nc(-c3cccc4c3sc3ccccc34)c2)cc1. The van der Waals surface area contributed by atoms with Gasteiger partial charge in [-0.1, -0.05) is 114 Å². The van der Waals surface area contributed by atoms with Crippen LogP contribution in [-0.2, 0) is 0 Å². The van der Waals surface area contributed by atoms with E-state index in [-0.39, 0.29) is 0 Å². The second-order valence-electron chi connectivity index (χ2n) is 9.94. The minimum Gasteiger partial charge on any atom is -0.248 e. The fraction of sp³-hybridized carbons (Fsp3) is 0. The van der Waals surface area contributed by atoms with Crippen molar-refractivity contribution >= 4 is 51.4 Å². The van der Waals surface area contributed by atoms with Gasteiger partial charge in [0, 0.05) is 25.7 Å². The van der Waals surface area contributed by atoms with E-state index < -0.39 is 9.52 Å². The van der Waals surface area contributed by atoms with Gasteiger partial charge in [-0.3, -0.25) is 0 Å². The van der Waals surface area contributed by atoms with E-state index in [1.54, 1.807) is 0 Å². The van der Waals surface area contributed by atoms with Crippen LogP contribution < -0.4 is 10.4 Å². The number of aromatic nitrogens is 1. The quantitative estimate of drug-likeness (QED) is 0.221. The van der Waals surface area contributed by atoms with Gasteiger partial charge in [0.1, 0.15) is 0 Å². The van der Waals surface area contributed by atoms with Crippen molar-refractivity contribution in [2.75, 3.05) is 0 Å². The molecular weight excluding hydrogens is 495 g/mol. The number of thiophene rings is 1. The summed E-state index contributed by atoms with van der Waals surface area (Å²) in [5.74, 6) is 0. The van der Waals surface area contributed by atoms with E-state index in [9.17, 15) is 0 Å². The fourth-order valence-corrected chi connectivity index (χ4v) is 9.30. The predicted molar refractivity (Wildman–Crippen MR) is 167 cm³/mol. The number of nitrogens with zero attached hydrogens (tertiary/aromatic N) is 1. The number of hydrogen-bond acceptors (Lipinski definition) is 2. The largest absolute Gasteiger partial charge is 0.248 e. The molecule has 0 radical (unpaired) electrons. The third-order valence-electron chi connectivity index (χ3n) is 7.74.